The summed E-state index contributed by atoms with van der Waals surface area (Å²) in [4.78, 5) is 48.5. The van der Waals surface area contributed by atoms with Gasteiger partial charge in [0.25, 0.3) is 11.8 Å². The first-order valence-corrected chi connectivity index (χ1v) is 8.89. The maximum Gasteiger partial charge on any atom is 0.344 e. The van der Waals surface area contributed by atoms with Crippen molar-refractivity contribution in [2.24, 2.45) is 0 Å². The summed E-state index contributed by atoms with van der Waals surface area (Å²) in [6, 6.07) is 0.377. The SMILES string of the molecule is O=C(COC(=O)c1cc(F)c(F)cc1Cl)NN1C(=O)NC2(CCCCC2)C1=O. The number of carbonyl (C=O) groups is 4. The number of benzene rings is 1. The van der Waals surface area contributed by atoms with Crippen LogP contribution in [0.1, 0.15) is 42.5 Å². The zero-order chi connectivity index (χ0) is 20.5. The highest BCUT2D eigenvalue weighted by Crippen LogP contribution is 2.33. The van der Waals surface area contributed by atoms with Crippen LogP contribution in [-0.4, -0.2) is 41.0 Å². The van der Waals surface area contributed by atoms with E-state index in [1.54, 1.807) is 0 Å². The molecule has 0 atom stereocenters. The molecule has 0 aromatic heterocycles. The first-order chi connectivity index (χ1) is 13.2. The Balaban J connectivity index is 1.59. The lowest BCUT2D eigenvalue weighted by Crippen LogP contribution is -2.51. The van der Waals surface area contributed by atoms with Crippen LogP contribution < -0.4 is 10.7 Å². The van der Waals surface area contributed by atoms with Crippen molar-refractivity contribution in [2.45, 2.75) is 37.6 Å². The number of urea groups is 1. The first kappa shape index (κ1) is 20.0. The fraction of sp³-hybridized carbons (Fsp3) is 0.412. The number of amides is 4. The third-order valence-electron chi connectivity index (χ3n) is 4.67. The Kier molecular flexibility index (Phi) is 5.50. The number of nitrogens with one attached hydrogen (secondary N) is 2. The second-order valence-corrected chi connectivity index (χ2v) is 6.98. The summed E-state index contributed by atoms with van der Waals surface area (Å²) in [7, 11) is 0. The number of esters is 1. The first-order valence-electron chi connectivity index (χ1n) is 8.51. The summed E-state index contributed by atoms with van der Waals surface area (Å²) in [5.74, 6) is -5.24. The van der Waals surface area contributed by atoms with Crippen LogP contribution in [0.2, 0.25) is 5.02 Å². The lowest BCUT2D eigenvalue weighted by molar-refractivity contribution is -0.140. The molecule has 2 fully saturated rings. The van der Waals surface area contributed by atoms with Crippen LogP contribution >= 0.6 is 11.6 Å². The van der Waals surface area contributed by atoms with Crippen LogP contribution in [0.25, 0.3) is 0 Å². The van der Waals surface area contributed by atoms with Crippen LogP contribution in [0, 0.1) is 11.6 Å². The fourth-order valence-corrected chi connectivity index (χ4v) is 3.49. The van der Waals surface area contributed by atoms with E-state index >= 15 is 0 Å². The Morgan fingerprint density at radius 2 is 1.82 bits per heavy atom. The van der Waals surface area contributed by atoms with Crippen LogP contribution in [-0.2, 0) is 14.3 Å². The van der Waals surface area contributed by atoms with E-state index in [1.165, 1.54) is 0 Å². The second kappa shape index (κ2) is 7.70. The van der Waals surface area contributed by atoms with E-state index in [2.05, 4.69) is 15.5 Å². The van der Waals surface area contributed by atoms with Crippen LogP contribution in [0.4, 0.5) is 13.6 Å². The van der Waals surface area contributed by atoms with Gasteiger partial charge in [0.2, 0.25) is 0 Å². The van der Waals surface area contributed by atoms with Gasteiger partial charge >= 0.3 is 12.0 Å². The highest BCUT2D eigenvalue weighted by atomic mass is 35.5. The van der Waals surface area contributed by atoms with Gasteiger partial charge in [-0.1, -0.05) is 30.9 Å². The molecule has 1 aliphatic heterocycles. The molecule has 28 heavy (non-hydrogen) atoms. The molecule has 0 bridgehead atoms. The molecule has 2 N–H and O–H groups in total. The molecule has 0 radical (unpaired) electrons. The smallest absolute Gasteiger partial charge is 0.344 e. The molecular formula is C17H16ClF2N3O5. The summed E-state index contributed by atoms with van der Waals surface area (Å²) in [6.07, 6.45) is 3.47. The number of hydrogen-bond donors (Lipinski definition) is 2. The average Bonchev–Trinajstić information content (AvgIpc) is 2.87. The Hall–Kier alpha value is -2.75. The number of nitrogens with zero attached hydrogens (tertiary/aromatic N) is 1. The predicted molar refractivity (Wildman–Crippen MR) is 91.0 cm³/mol. The Bertz CT molecular complexity index is 857. The molecule has 1 aromatic rings. The third-order valence-corrected chi connectivity index (χ3v) is 4.98. The molecule has 0 unspecified atom stereocenters. The molecule has 11 heteroatoms. The average molecular weight is 416 g/mol. The molecule has 1 aromatic carbocycles. The number of hydrogen-bond acceptors (Lipinski definition) is 5. The van der Waals surface area contributed by atoms with Crippen molar-refractivity contribution in [1.29, 1.82) is 0 Å². The number of carbonyl (C=O) groups excluding carboxylic acids is 4. The van der Waals surface area contributed by atoms with Gasteiger partial charge < -0.3 is 10.1 Å². The van der Waals surface area contributed by atoms with Gasteiger partial charge in [0.1, 0.15) is 5.54 Å². The molecule has 1 spiro atoms. The second-order valence-electron chi connectivity index (χ2n) is 6.57. The van der Waals surface area contributed by atoms with Crippen LogP contribution in [0.3, 0.4) is 0 Å². The lowest BCUT2D eigenvalue weighted by atomic mass is 9.82. The van der Waals surface area contributed by atoms with E-state index in [4.69, 9.17) is 11.6 Å². The molecule has 1 aliphatic carbocycles. The zero-order valence-corrected chi connectivity index (χ0v) is 15.3. The number of ether oxygens (including phenoxy) is 1. The third kappa shape index (κ3) is 3.77. The Labute approximate surface area is 163 Å². The number of rotatable bonds is 4. The molecule has 1 saturated heterocycles. The van der Waals surface area contributed by atoms with Crippen molar-refractivity contribution < 1.29 is 32.7 Å². The summed E-state index contributed by atoms with van der Waals surface area (Å²) in [6.45, 7) is -0.863. The van der Waals surface area contributed by atoms with Crippen molar-refractivity contribution in [3.63, 3.8) is 0 Å². The standard InChI is InChI=1S/C17H16ClF2N3O5/c18-10-7-12(20)11(19)6-9(10)14(25)28-8-13(24)22-23-15(26)17(21-16(23)27)4-2-1-3-5-17/h6-7H,1-5,8H2,(H,21,27)(H,22,24). The topological polar surface area (TPSA) is 105 Å². The molecule has 1 saturated carbocycles. The van der Waals surface area contributed by atoms with E-state index in [-0.39, 0.29) is 0 Å². The van der Waals surface area contributed by atoms with Gasteiger partial charge in [0.05, 0.1) is 10.6 Å². The summed E-state index contributed by atoms with van der Waals surface area (Å²) < 4.78 is 31.0. The van der Waals surface area contributed by atoms with Crippen LogP contribution in [0.5, 0.6) is 0 Å². The van der Waals surface area contributed by atoms with E-state index < -0.39 is 58.2 Å². The summed E-state index contributed by atoms with van der Waals surface area (Å²) >= 11 is 5.66. The van der Waals surface area contributed by atoms with Crippen molar-refractivity contribution in [3.05, 3.63) is 34.4 Å². The Morgan fingerprint density at radius 1 is 1.18 bits per heavy atom. The molecule has 8 nitrogen and oxygen atoms in total. The molecule has 1 heterocycles. The largest absolute Gasteiger partial charge is 0.452 e. The minimum absolute atomic E-state index is 0.391. The fourth-order valence-electron chi connectivity index (χ4n) is 3.26. The van der Waals surface area contributed by atoms with Gasteiger partial charge in [-0.3, -0.25) is 15.0 Å². The van der Waals surface area contributed by atoms with E-state index in [1.807, 2.05) is 0 Å². The lowest BCUT2D eigenvalue weighted by Gasteiger charge is -2.30. The summed E-state index contributed by atoms with van der Waals surface area (Å²) in [5, 5.41) is 2.77. The molecule has 2 aliphatic rings. The number of halogens is 3. The molecule has 150 valence electrons. The molecular weight excluding hydrogens is 400 g/mol. The highest BCUT2D eigenvalue weighted by molar-refractivity contribution is 6.33. The van der Waals surface area contributed by atoms with Crippen molar-refractivity contribution in [2.75, 3.05) is 6.61 Å². The minimum atomic E-state index is -1.31. The normalized spacial score (nSPS) is 18.2. The van der Waals surface area contributed by atoms with Crippen molar-refractivity contribution in [3.8, 4) is 0 Å². The number of hydrazine groups is 1. The van der Waals surface area contributed by atoms with Gasteiger partial charge in [0.15, 0.2) is 18.2 Å². The number of imide groups is 1. The highest BCUT2D eigenvalue weighted by Gasteiger charge is 2.52. The van der Waals surface area contributed by atoms with Crippen molar-refractivity contribution >= 4 is 35.4 Å². The van der Waals surface area contributed by atoms with E-state index in [9.17, 15) is 28.0 Å². The zero-order valence-electron chi connectivity index (χ0n) is 14.5. The van der Waals surface area contributed by atoms with Gasteiger partial charge in [0, 0.05) is 0 Å². The van der Waals surface area contributed by atoms with E-state index in [0.29, 0.717) is 30.0 Å². The molecule has 4 amide bonds. The predicted octanol–water partition coefficient (Wildman–Crippen LogP) is 2.06. The monoisotopic (exact) mass is 415 g/mol. The minimum Gasteiger partial charge on any atom is -0.452 e. The van der Waals surface area contributed by atoms with Gasteiger partial charge in [-0.15, -0.1) is 0 Å². The summed E-state index contributed by atoms with van der Waals surface area (Å²) in [5.41, 5.74) is 0.597. The molecule has 3 rings (SSSR count). The maximum atomic E-state index is 13.2. The van der Waals surface area contributed by atoms with Crippen molar-refractivity contribution in [1.82, 2.24) is 15.8 Å². The Morgan fingerprint density at radius 3 is 2.50 bits per heavy atom. The van der Waals surface area contributed by atoms with E-state index in [0.717, 1.165) is 19.3 Å². The van der Waals surface area contributed by atoms with Crippen LogP contribution in [0.15, 0.2) is 12.1 Å². The van der Waals surface area contributed by atoms with Gasteiger partial charge in [-0.2, -0.15) is 5.01 Å². The quantitative estimate of drug-likeness (QED) is 0.445. The maximum absolute atomic E-state index is 13.2. The van der Waals surface area contributed by atoms with Gasteiger partial charge in [-0.05, 0) is 25.0 Å². The van der Waals surface area contributed by atoms with Gasteiger partial charge in [-0.25, -0.2) is 18.4 Å².